The van der Waals surface area contributed by atoms with E-state index in [0.29, 0.717) is 0 Å². The second-order valence-corrected chi connectivity index (χ2v) is 6.59. The zero-order chi connectivity index (χ0) is 10.2. The second kappa shape index (κ2) is 3.34. The van der Waals surface area contributed by atoms with E-state index < -0.39 is 25.7 Å². The Morgan fingerprint density at radius 3 is 1.75 bits per heavy atom. The predicted octanol–water partition coefficient (Wildman–Crippen LogP) is 1.21. The van der Waals surface area contributed by atoms with E-state index in [2.05, 4.69) is 0 Å². The lowest BCUT2D eigenvalue weighted by atomic mass is 9.92. The predicted molar refractivity (Wildman–Crippen MR) is 48.9 cm³/mol. The van der Waals surface area contributed by atoms with E-state index in [1.807, 2.05) is 0 Å². The molecule has 0 unspecified atom stereocenters. The minimum atomic E-state index is -3.47. The van der Waals surface area contributed by atoms with E-state index in [1.165, 1.54) is 0 Å². The van der Waals surface area contributed by atoms with Crippen molar-refractivity contribution in [2.75, 3.05) is 6.26 Å². The molecule has 0 aromatic heterocycles. The number of sulfone groups is 1. The molecule has 0 N–H and O–H groups in total. The largest absolute Gasteiger partial charge is 0.296 e. The smallest absolute Gasteiger partial charge is 0.193 e. The Labute approximate surface area is 78.0 Å². The fourth-order valence-corrected chi connectivity index (χ4v) is 1.60. The number of rotatable bonds is 2. The number of hydrogen-bond acceptors (Lipinski definition) is 3. The number of alkyl halides is 1. The molecule has 5 heteroatoms. The lowest BCUT2D eigenvalue weighted by Crippen LogP contribution is -2.33. The molecule has 0 radical (unpaired) electrons. The van der Waals surface area contributed by atoms with Crippen molar-refractivity contribution in [1.29, 1.82) is 0 Å². The molecule has 0 aliphatic rings. The molecular weight excluding hydrogens is 200 g/mol. The van der Waals surface area contributed by atoms with Gasteiger partial charge in [0.15, 0.2) is 20.3 Å². The second-order valence-electron chi connectivity index (χ2n) is 3.76. The van der Waals surface area contributed by atoms with Gasteiger partial charge < -0.3 is 0 Å². The number of carbonyl (C=O) groups is 1. The van der Waals surface area contributed by atoms with Crippen LogP contribution in [0.15, 0.2) is 0 Å². The van der Waals surface area contributed by atoms with E-state index in [1.54, 1.807) is 20.8 Å². The van der Waals surface area contributed by atoms with Gasteiger partial charge in [-0.25, -0.2) is 8.42 Å². The summed E-state index contributed by atoms with van der Waals surface area (Å²) in [6, 6.07) is 0. The van der Waals surface area contributed by atoms with Gasteiger partial charge in [-0.1, -0.05) is 32.4 Å². The first-order chi connectivity index (χ1) is 5.07. The highest BCUT2D eigenvalue weighted by Gasteiger charge is 2.34. The highest BCUT2D eigenvalue weighted by Crippen LogP contribution is 2.22. The Kier molecular flexibility index (Phi) is 3.32. The first-order valence-electron chi connectivity index (χ1n) is 3.44. The van der Waals surface area contributed by atoms with Crippen molar-refractivity contribution < 1.29 is 13.2 Å². The van der Waals surface area contributed by atoms with Gasteiger partial charge in [0.1, 0.15) is 0 Å². The van der Waals surface area contributed by atoms with Crippen molar-refractivity contribution >= 4 is 27.2 Å². The van der Waals surface area contributed by atoms with Gasteiger partial charge in [-0.2, -0.15) is 0 Å². The third-order valence-corrected chi connectivity index (χ3v) is 3.46. The lowest BCUT2D eigenvalue weighted by molar-refractivity contribution is -0.124. The van der Waals surface area contributed by atoms with Crippen molar-refractivity contribution in [2.45, 2.75) is 25.5 Å². The molecule has 72 valence electrons. The van der Waals surface area contributed by atoms with E-state index in [9.17, 15) is 13.2 Å². The van der Waals surface area contributed by atoms with Crippen LogP contribution in [-0.2, 0) is 14.6 Å². The van der Waals surface area contributed by atoms with Crippen LogP contribution in [0, 0.1) is 5.41 Å². The van der Waals surface area contributed by atoms with Crippen molar-refractivity contribution in [3.8, 4) is 0 Å². The summed E-state index contributed by atoms with van der Waals surface area (Å²) in [6.45, 7) is 4.90. The molecule has 12 heavy (non-hydrogen) atoms. The number of hydrogen-bond donors (Lipinski definition) is 0. The molecule has 0 aromatic rings. The SMILES string of the molecule is CC(C)(C)C(=O)[C@@H](Cl)S(C)(=O)=O. The first-order valence-corrected chi connectivity index (χ1v) is 5.83. The van der Waals surface area contributed by atoms with Crippen molar-refractivity contribution in [2.24, 2.45) is 5.41 Å². The van der Waals surface area contributed by atoms with Crippen LogP contribution in [0.4, 0.5) is 0 Å². The maximum Gasteiger partial charge on any atom is 0.193 e. The summed E-state index contributed by atoms with van der Waals surface area (Å²) in [5, 5.41) is 0. The molecule has 0 saturated heterocycles. The van der Waals surface area contributed by atoms with Crippen molar-refractivity contribution in [3.63, 3.8) is 0 Å². The average Bonchev–Trinajstić information content (AvgIpc) is 1.80. The molecular formula is C7H13ClO3S. The molecule has 0 fully saturated rings. The molecule has 3 nitrogen and oxygen atoms in total. The normalized spacial score (nSPS) is 15.8. The van der Waals surface area contributed by atoms with Gasteiger partial charge in [0, 0.05) is 11.7 Å². The van der Waals surface area contributed by atoms with Gasteiger partial charge in [-0.3, -0.25) is 4.79 Å². The molecule has 0 saturated carbocycles. The Bertz CT molecular complexity index is 274. The van der Waals surface area contributed by atoms with Crippen LogP contribution in [0.3, 0.4) is 0 Å². The maximum atomic E-state index is 11.3. The number of Topliss-reactive ketones (excluding diaryl/α,β-unsaturated/α-hetero) is 1. The molecule has 0 bridgehead atoms. The molecule has 0 aromatic carbocycles. The summed E-state index contributed by atoms with van der Waals surface area (Å²) in [5.41, 5.74) is -0.713. The van der Waals surface area contributed by atoms with E-state index in [4.69, 9.17) is 11.6 Å². The molecule has 0 spiro atoms. The summed E-state index contributed by atoms with van der Waals surface area (Å²) in [5.74, 6) is -0.466. The molecule has 0 aliphatic heterocycles. The zero-order valence-corrected chi connectivity index (χ0v) is 9.16. The number of carbonyl (C=O) groups excluding carboxylic acids is 1. The lowest BCUT2D eigenvalue weighted by Gasteiger charge is -2.18. The van der Waals surface area contributed by atoms with E-state index in [0.717, 1.165) is 6.26 Å². The zero-order valence-electron chi connectivity index (χ0n) is 7.59. The Hall–Kier alpha value is -0.0900. The topological polar surface area (TPSA) is 51.2 Å². The van der Waals surface area contributed by atoms with Crippen molar-refractivity contribution in [3.05, 3.63) is 0 Å². The van der Waals surface area contributed by atoms with Crippen LogP contribution >= 0.6 is 11.6 Å². The fraction of sp³-hybridized carbons (Fsp3) is 0.857. The van der Waals surface area contributed by atoms with Gasteiger partial charge in [0.2, 0.25) is 0 Å². The van der Waals surface area contributed by atoms with Gasteiger partial charge in [0.05, 0.1) is 0 Å². The van der Waals surface area contributed by atoms with Crippen LogP contribution in [-0.4, -0.2) is 25.2 Å². The fourth-order valence-electron chi connectivity index (χ4n) is 0.535. The molecule has 0 heterocycles. The average molecular weight is 213 g/mol. The summed E-state index contributed by atoms with van der Waals surface area (Å²) in [6.07, 6.45) is 0.953. The van der Waals surface area contributed by atoms with Gasteiger partial charge in [-0.15, -0.1) is 0 Å². The standard InChI is InChI=1S/C7H13ClO3S/c1-7(2,3)5(9)6(8)12(4,10)11/h6H,1-4H3/t6-/m0/s1. The van der Waals surface area contributed by atoms with E-state index in [-0.39, 0.29) is 0 Å². The molecule has 0 rings (SSSR count). The number of halogens is 1. The van der Waals surface area contributed by atoms with Gasteiger partial charge >= 0.3 is 0 Å². The third-order valence-electron chi connectivity index (χ3n) is 1.32. The van der Waals surface area contributed by atoms with Crippen molar-refractivity contribution in [1.82, 2.24) is 0 Å². The third kappa shape index (κ3) is 3.11. The summed E-state index contributed by atoms with van der Waals surface area (Å²) < 4.78 is 20.3. The summed E-state index contributed by atoms with van der Waals surface area (Å²) >= 11 is 5.45. The van der Waals surface area contributed by atoms with Crippen LogP contribution in [0.1, 0.15) is 20.8 Å². The summed E-state index contributed by atoms with van der Waals surface area (Å²) in [4.78, 5) is 11.3. The minimum Gasteiger partial charge on any atom is -0.296 e. The Balaban J connectivity index is 4.77. The molecule has 1 atom stereocenters. The van der Waals surface area contributed by atoms with Gasteiger partial charge in [-0.05, 0) is 0 Å². The maximum absolute atomic E-state index is 11.3. The molecule has 0 amide bonds. The van der Waals surface area contributed by atoms with Gasteiger partial charge in [0.25, 0.3) is 0 Å². The van der Waals surface area contributed by atoms with Crippen LogP contribution < -0.4 is 0 Å². The minimum absolute atomic E-state index is 0.466. The Morgan fingerprint density at radius 1 is 1.33 bits per heavy atom. The number of ketones is 1. The highest BCUT2D eigenvalue weighted by atomic mass is 35.5. The van der Waals surface area contributed by atoms with Crippen LogP contribution in [0.2, 0.25) is 0 Å². The Morgan fingerprint density at radius 2 is 1.67 bits per heavy atom. The van der Waals surface area contributed by atoms with E-state index >= 15 is 0 Å². The summed E-state index contributed by atoms with van der Waals surface area (Å²) in [7, 11) is -3.47. The monoisotopic (exact) mass is 212 g/mol. The quantitative estimate of drug-likeness (QED) is 0.647. The van der Waals surface area contributed by atoms with Crippen LogP contribution in [0.5, 0.6) is 0 Å². The highest BCUT2D eigenvalue weighted by molar-refractivity contribution is 7.93. The first kappa shape index (κ1) is 11.9. The molecule has 0 aliphatic carbocycles. The van der Waals surface area contributed by atoms with Crippen LogP contribution in [0.25, 0.3) is 0 Å².